The van der Waals surface area contributed by atoms with Gasteiger partial charge in [0.25, 0.3) is 11.8 Å². The zero-order chi connectivity index (χ0) is 23.5. The summed E-state index contributed by atoms with van der Waals surface area (Å²) in [4.78, 5) is 34.9. The third kappa shape index (κ3) is 4.77. The van der Waals surface area contributed by atoms with Gasteiger partial charge in [0.05, 0.1) is 24.9 Å². The van der Waals surface area contributed by atoms with Crippen LogP contribution in [-0.4, -0.2) is 47.9 Å². The summed E-state index contributed by atoms with van der Waals surface area (Å²) in [7, 11) is 4.74. The van der Waals surface area contributed by atoms with Gasteiger partial charge in [0.2, 0.25) is 5.88 Å². The number of anilines is 1. The van der Waals surface area contributed by atoms with Gasteiger partial charge in [0.15, 0.2) is 11.6 Å². The van der Waals surface area contributed by atoms with Gasteiger partial charge in [-0.1, -0.05) is 17.7 Å². The first-order valence-corrected chi connectivity index (χ1v) is 10.0. The molecule has 0 aliphatic carbocycles. The summed E-state index contributed by atoms with van der Waals surface area (Å²) in [6, 6.07) is 12.2. The molecular weight excluding hydrogens is 424 g/mol. The topological polar surface area (TPSA) is 107 Å². The van der Waals surface area contributed by atoms with Crippen molar-refractivity contribution in [2.75, 3.05) is 26.5 Å². The fourth-order valence-electron chi connectivity index (χ4n) is 3.06. The van der Waals surface area contributed by atoms with Gasteiger partial charge in [-0.2, -0.15) is 0 Å². The number of aromatic nitrogens is 2. The summed E-state index contributed by atoms with van der Waals surface area (Å²) in [5.74, 6) is 0.948. The number of rotatable bonds is 6. The SMILES string of the molecule is COc1cnc(NC(=O)c2cc(Oc3ccc(C)cc3)c3cc(C(=O)N(C)C)oc3c2)cn1. The summed E-state index contributed by atoms with van der Waals surface area (Å²) in [6.45, 7) is 1.98. The fraction of sp³-hybridized carbons (Fsp3) is 0.167. The molecular formula is C24H22N4O5. The molecule has 0 radical (unpaired) electrons. The van der Waals surface area contributed by atoms with Crippen molar-refractivity contribution < 1.29 is 23.5 Å². The van der Waals surface area contributed by atoms with Crippen LogP contribution in [0.5, 0.6) is 17.4 Å². The molecule has 168 valence electrons. The standard InChI is InChI=1S/C24H22N4O5/c1-14-5-7-16(8-6-14)32-18-9-15(23(29)27-21-12-26-22(31-4)13-25-21)10-19-17(18)11-20(33-19)24(30)28(2)3/h5-13H,1-4H3,(H,25,27,29). The van der Waals surface area contributed by atoms with Crippen LogP contribution >= 0.6 is 0 Å². The number of ether oxygens (including phenoxy) is 2. The summed E-state index contributed by atoms with van der Waals surface area (Å²) < 4.78 is 16.8. The van der Waals surface area contributed by atoms with Gasteiger partial charge in [-0.05, 0) is 31.2 Å². The van der Waals surface area contributed by atoms with Crippen LogP contribution in [-0.2, 0) is 0 Å². The molecule has 0 saturated heterocycles. The van der Waals surface area contributed by atoms with Crippen LogP contribution in [0, 0.1) is 6.92 Å². The predicted molar refractivity (Wildman–Crippen MR) is 122 cm³/mol. The maximum Gasteiger partial charge on any atom is 0.289 e. The van der Waals surface area contributed by atoms with Crippen LogP contribution in [0.4, 0.5) is 5.82 Å². The van der Waals surface area contributed by atoms with Crippen LogP contribution in [0.25, 0.3) is 11.0 Å². The summed E-state index contributed by atoms with van der Waals surface area (Å²) >= 11 is 0. The van der Waals surface area contributed by atoms with Crippen molar-refractivity contribution in [1.82, 2.24) is 14.9 Å². The maximum absolute atomic E-state index is 12.9. The van der Waals surface area contributed by atoms with E-state index in [1.54, 1.807) is 32.3 Å². The molecule has 9 heteroatoms. The molecule has 0 fully saturated rings. The van der Waals surface area contributed by atoms with Gasteiger partial charge in [-0.3, -0.25) is 9.59 Å². The van der Waals surface area contributed by atoms with Crippen molar-refractivity contribution >= 4 is 28.6 Å². The van der Waals surface area contributed by atoms with E-state index in [9.17, 15) is 9.59 Å². The Morgan fingerprint density at radius 2 is 1.79 bits per heavy atom. The Balaban J connectivity index is 1.72. The monoisotopic (exact) mass is 446 g/mol. The molecule has 4 rings (SSSR count). The number of benzene rings is 2. The Labute approximate surface area is 190 Å². The van der Waals surface area contributed by atoms with E-state index in [2.05, 4.69) is 15.3 Å². The molecule has 4 aromatic rings. The van der Waals surface area contributed by atoms with E-state index in [-0.39, 0.29) is 23.0 Å². The van der Waals surface area contributed by atoms with Gasteiger partial charge in [-0.25, -0.2) is 9.97 Å². The van der Waals surface area contributed by atoms with E-state index < -0.39 is 5.91 Å². The predicted octanol–water partition coefficient (Wildman–Crippen LogP) is 4.29. The molecule has 2 heterocycles. The highest BCUT2D eigenvalue weighted by Crippen LogP contribution is 2.34. The molecule has 2 aromatic heterocycles. The number of furan rings is 1. The third-order valence-electron chi connectivity index (χ3n) is 4.81. The molecule has 0 saturated carbocycles. The van der Waals surface area contributed by atoms with Crippen LogP contribution in [0.1, 0.15) is 26.5 Å². The lowest BCUT2D eigenvalue weighted by molar-refractivity contribution is 0.0799. The second-order valence-electron chi connectivity index (χ2n) is 7.51. The van der Waals surface area contributed by atoms with Gasteiger partial charge in [0, 0.05) is 25.7 Å². The largest absolute Gasteiger partial charge is 0.480 e. The first kappa shape index (κ1) is 21.8. The average Bonchev–Trinajstić information content (AvgIpc) is 3.25. The molecule has 2 amide bonds. The third-order valence-corrected chi connectivity index (χ3v) is 4.81. The minimum Gasteiger partial charge on any atom is -0.480 e. The van der Waals surface area contributed by atoms with E-state index in [1.807, 2.05) is 31.2 Å². The molecule has 2 aromatic carbocycles. The highest BCUT2D eigenvalue weighted by Gasteiger charge is 2.20. The molecule has 0 spiro atoms. The zero-order valence-electron chi connectivity index (χ0n) is 18.6. The second-order valence-corrected chi connectivity index (χ2v) is 7.51. The number of methoxy groups -OCH3 is 1. The first-order chi connectivity index (χ1) is 15.8. The maximum atomic E-state index is 12.9. The number of nitrogens with one attached hydrogen (secondary N) is 1. The fourth-order valence-corrected chi connectivity index (χ4v) is 3.06. The van der Waals surface area contributed by atoms with Crippen molar-refractivity contribution in [3.8, 4) is 17.4 Å². The lowest BCUT2D eigenvalue weighted by Gasteiger charge is -2.10. The number of aryl methyl sites for hydroxylation is 1. The molecule has 0 aliphatic rings. The van der Waals surface area contributed by atoms with Crippen LogP contribution in [0.3, 0.4) is 0 Å². The Morgan fingerprint density at radius 1 is 1.03 bits per heavy atom. The van der Waals surface area contributed by atoms with Crippen molar-refractivity contribution in [3.05, 3.63) is 71.7 Å². The zero-order valence-corrected chi connectivity index (χ0v) is 18.6. The van der Waals surface area contributed by atoms with E-state index in [1.165, 1.54) is 24.4 Å². The van der Waals surface area contributed by atoms with Crippen molar-refractivity contribution in [3.63, 3.8) is 0 Å². The molecule has 9 nitrogen and oxygen atoms in total. The normalized spacial score (nSPS) is 10.7. The molecule has 33 heavy (non-hydrogen) atoms. The van der Waals surface area contributed by atoms with E-state index >= 15 is 0 Å². The number of nitrogens with zero attached hydrogens (tertiary/aromatic N) is 3. The van der Waals surface area contributed by atoms with Gasteiger partial charge in [0.1, 0.15) is 17.1 Å². The first-order valence-electron chi connectivity index (χ1n) is 10.0. The van der Waals surface area contributed by atoms with Gasteiger partial charge < -0.3 is 24.1 Å². The Morgan fingerprint density at radius 3 is 2.42 bits per heavy atom. The molecule has 0 unspecified atom stereocenters. The van der Waals surface area contributed by atoms with Crippen LogP contribution in [0.2, 0.25) is 0 Å². The number of hydrogen-bond donors (Lipinski definition) is 1. The van der Waals surface area contributed by atoms with Crippen LogP contribution < -0.4 is 14.8 Å². The second kappa shape index (κ2) is 8.99. The Kier molecular flexibility index (Phi) is 5.95. The highest BCUT2D eigenvalue weighted by molar-refractivity contribution is 6.07. The number of amides is 2. The Bertz CT molecular complexity index is 1310. The highest BCUT2D eigenvalue weighted by atomic mass is 16.5. The molecule has 0 atom stereocenters. The average molecular weight is 446 g/mol. The van der Waals surface area contributed by atoms with Crippen LogP contribution in [0.15, 0.2) is 59.3 Å². The summed E-state index contributed by atoms with van der Waals surface area (Å²) in [5, 5.41) is 3.25. The van der Waals surface area contributed by atoms with E-state index in [4.69, 9.17) is 13.9 Å². The minimum absolute atomic E-state index is 0.141. The number of hydrogen-bond acceptors (Lipinski definition) is 7. The minimum atomic E-state index is -0.443. The van der Waals surface area contributed by atoms with E-state index in [0.29, 0.717) is 28.3 Å². The lowest BCUT2D eigenvalue weighted by Crippen LogP contribution is -2.20. The van der Waals surface area contributed by atoms with Gasteiger partial charge >= 0.3 is 0 Å². The Hall–Kier alpha value is -4.40. The molecule has 0 aliphatic heterocycles. The van der Waals surface area contributed by atoms with Crippen molar-refractivity contribution in [2.45, 2.75) is 6.92 Å². The van der Waals surface area contributed by atoms with Gasteiger partial charge in [-0.15, -0.1) is 0 Å². The molecule has 0 bridgehead atoms. The molecule has 1 N–H and O–H groups in total. The lowest BCUT2D eigenvalue weighted by atomic mass is 10.1. The van der Waals surface area contributed by atoms with E-state index in [0.717, 1.165) is 5.56 Å². The number of carbonyl (C=O) groups is 2. The summed E-state index contributed by atoms with van der Waals surface area (Å²) in [6.07, 6.45) is 2.79. The van der Waals surface area contributed by atoms with Crippen molar-refractivity contribution in [1.29, 1.82) is 0 Å². The number of fused-ring (bicyclic) bond motifs is 1. The van der Waals surface area contributed by atoms with Crippen molar-refractivity contribution in [2.24, 2.45) is 0 Å². The number of carbonyl (C=O) groups excluding carboxylic acids is 2. The summed E-state index contributed by atoms with van der Waals surface area (Å²) in [5.41, 5.74) is 1.69. The smallest absolute Gasteiger partial charge is 0.289 e. The quantitative estimate of drug-likeness (QED) is 0.471.